The van der Waals surface area contributed by atoms with Gasteiger partial charge in [-0.3, -0.25) is 13.9 Å². The Bertz CT molecular complexity index is 1600. The van der Waals surface area contributed by atoms with Crippen LogP contribution in [0.4, 0.5) is 4.79 Å². The summed E-state index contributed by atoms with van der Waals surface area (Å²) in [6.45, 7) is 9.35. The van der Waals surface area contributed by atoms with Crippen LogP contribution in [0.1, 0.15) is 51.6 Å². The van der Waals surface area contributed by atoms with Gasteiger partial charge in [-0.2, -0.15) is 5.26 Å². The predicted molar refractivity (Wildman–Crippen MR) is 142 cm³/mol. The molecular weight excluding hydrogens is 486 g/mol. The van der Waals surface area contributed by atoms with Gasteiger partial charge in [0.1, 0.15) is 18.3 Å². The molecule has 1 aliphatic rings. The maximum Gasteiger partial charge on any atom is 0.416 e. The van der Waals surface area contributed by atoms with Crippen LogP contribution in [0.5, 0.6) is 0 Å². The minimum absolute atomic E-state index is 0.102. The zero-order valence-corrected chi connectivity index (χ0v) is 22.4. The molecule has 37 heavy (non-hydrogen) atoms. The summed E-state index contributed by atoms with van der Waals surface area (Å²) in [5.41, 5.74) is 3.96. The van der Waals surface area contributed by atoms with E-state index in [-0.39, 0.29) is 24.3 Å². The van der Waals surface area contributed by atoms with Gasteiger partial charge in [-0.1, -0.05) is 25.7 Å². The number of nitrogens with zero attached hydrogens (tertiary/aromatic N) is 5. The molecule has 0 bridgehead atoms. The fraction of sp³-hybridized carbons (Fsp3) is 0.370. The molecule has 10 heteroatoms. The van der Waals surface area contributed by atoms with Crippen LogP contribution >= 0.6 is 0 Å². The Labute approximate surface area is 215 Å². The van der Waals surface area contributed by atoms with Crippen LogP contribution in [0.2, 0.25) is 25.7 Å². The molecule has 0 aliphatic heterocycles. The first kappa shape index (κ1) is 24.9. The van der Waals surface area contributed by atoms with Crippen LogP contribution in [-0.4, -0.2) is 50.8 Å². The number of nitriles is 1. The second-order valence-corrected chi connectivity index (χ2v) is 16.5. The number of fused-ring (bicyclic) bond motifs is 2. The SMILES string of the molecule is Cc1cc(C2CC2)c(C(=O)c2nc3cc(C#N)cnc3n2COCC[Si](C)(C)C)c2ccn(C(=O)O)c12. The summed E-state index contributed by atoms with van der Waals surface area (Å²) >= 11 is 0. The van der Waals surface area contributed by atoms with Gasteiger partial charge >= 0.3 is 6.09 Å². The number of pyridine rings is 1. The molecule has 4 aromatic rings. The third-order valence-corrected chi connectivity index (χ3v) is 8.48. The first-order valence-corrected chi connectivity index (χ1v) is 16.1. The quantitative estimate of drug-likeness (QED) is 0.186. The molecule has 190 valence electrons. The number of aromatic nitrogens is 4. The molecule has 3 aromatic heterocycles. The summed E-state index contributed by atoms with van der Waals surface area (Å²) in [5, 5.41) is 19.7. The van der Waals surface area contributed by atoms with Crippen LogP contribution < -0.4 is 0 Å². The van der Waals surface area contributed by atoms with Gasteiger partial charge in [0.05, 0.1) is 11.1 Å². The number of ketones is 1. The summed E-state index contributed by atoms with van der Waals surface area (Å²) in [6.07, 6.45) is 3.80. The Morgan fingerprint density at radius 2 is 2.03 bits per heavy atom. The number of ether oxygens (including phenoxy) is 1. The third kappa shape index (κ3) is 4.68. The van der Waals surface area contributed by atoms with Crippen molar-refractivity contribution in [1.29, 1.82) is 5.26 Å². The minimum atomic E-state index is -1.31. The van der Waals surface area contributed by atoms with Crippen molar-refractivity contribution in [3.63, 3.8) is 0 Å². The van der Waals surface area contributed by atoms with Gasteiger partial charge < -0.3 is 9.84 Å². The largest absolute Gasteiger partial charge is 0.464 e. The smallest absolute Gasteiger partial charge is 0.416 e. The molecule has 3 heterocycles. The lowest BCUT2D eigenvalue weighted by molar-refractivity contribution is 0.0832. The molecule has 0 atom stereocenters. The predicted octanol–water partition coefficient (Wildman–Crippen LogP) is 5.51. The molecule has 1 saturated carbocycles. The number of carbonyl (C=O) groups excluding carboxylic acids is 1. The fourth-order valence-corrected chi connectivity index (χ4v) is 5.47. The first-order valence-electron chi connectivity index (χ1n) is 12.4. The molecule has 1 N–H and O–H groups in total. The van der Waals surface area contributed by atoms with E-state index in [1.54, 1.807) is 16.7 Å². The first-order chi connectivity index (χ1) is 17.6. The Balaban J connectivity index is 1.66. The molecule has 9 nitrogen and oxygen atoms in total. The fourth-order valence-electron chi connectivity index (χ4n) is 4.71. The van der Waals surface area contributed by atoms with Gasteiger partial charge in [-0.25, -0.2) is 14.8 Å². The molecule has 5 rings (SSSR count). The van der Waals surface area contributed by atoms with E-state index in [1.165, 1.54) is 12.4 Å². The van der Waals surface area contributed by atoms with Crippen molar-refractivity contribution in [1.82, 2.24) is 19.1 Å². The number of rotatable bonds is 8. The van der Waals surface area contributed by atoms with Gasteiger partial charge in [0.2, 0.25) is 5.78 Å². The number of hydrogen-bond donors (Lipinski definition) is 1. The standard InChI is InChI=1S/C27H29N5O4Si/c1-16-11-20(18-5-6-18)22(19-7-8-31(23(16)19)27(34)35)24(33)26-30-21-12-17(13-28)14-29-25(21)32(26)15-36-9-10-37(2,3)4/h7-8,11-12,14,18H,5-6,9-10,15H2,1-4H3,(H,34,35). The van der Waals surface area contributed by atoms with Crippen LogP contribution in [0.3, 0.4) is 0 Å². The lowest BCUT2D eigenvalue weighted by Gasteiger charge is -2.17. The van der Waals surface area contributed by atoms with Crippen molar-refractivity contribution >= 4 is 42.0 Å². The highest BCUT2D eigenvalue weighted by atomic mass is 28.3. The van der Waals surface area contributed by atoms with Crippen molar-refractivity contribution in [3.05, 3.63) is 58.7 Å². The van der Waals surface area contributed by atoms with Gasteiger partial charge in [0, 0.05) is 38.0 Å². The third-order valence-electron chi connectivity index (χ3n) is 6.77. The Hall–Kier alpha value is -3.81. The zero-order valence-electron chi connectivity index (χ0n) is 21.4. The number of carbonyl (C=O) groups is 2. The molecule has 0 radical (unpaired) electrons. The Morgan fingerprint density at radius 1 is 1.27 bits per heavy atom. The number of imidazole rings is 1. The van der Waals surface area contributed by atoms with Gasteiger partial charge in [0.15, 0.2) is 11.5 Å². The molecular formula is C27H29N5O4Si. The van der Waals surface area contributed by atoms with Crippen molar-refractivity contribution in [2.24, 2.45) is 0 Å². The Morgan fingerprint density at radius 3 is 2.68 bits per heavy atom. The summed E-state index contributed by atoms with van der Waals surface area (Å²) in [5.74, 6) is 0.116. The van der Waals surface area contributed by atoms with Crippen LogP contribution in [0.15, 0.2) is 30.6 Å². The average molecular weight is 516 g/mol. The van der Waals surface area contributed by atoms with Crippen molar-refractivity contribution in [2.45, 2.75) is 58.1 Å². The molecule has 0 spiro atoms. The molecule has 1 aliphatic carbocycles. The highest BCUT2D eigenvalue weighted by Crippen LogP contribution is 2.45. The summed E-state index contributed by atoms with van der Waals surface area (Å²) < 4.78 is 8.82. The number of aryl methyl sites for hydroxylation is 1. The van der Waals surface area contributed by atoms with E-state index >= 15 is 0 Å². The highest BCUT2D eigenvalue weighted by Gasteiger charge is 2.33. The molecule has 1 fully saturated rings. The summed E-state index contributed by atoms with van der Waals surface area (Å²) in [7, 11) is -1.31. The topological polar surface area (TPSA) is 123 Å². The second kappa shape index (κ2) is 9.25. The molecule has 0 saturated heterocycles. The lowest BCUT2D eigenvalue weighted by atomic mass is 9.93. The van der Waals surface area contributed by atoms with E-state index in [1.807, 2.05) is 13.0 Å². The van der Waals surface area contributed by atoms with Crippen LogP contribution in [-0.2, 0) is 11.5 Å². The number of carboxylic acid groups (broad SMARTS) is 1. The van der Waals surface area contributed by atoms with E-state index in [9.17, 15) is 20.0 Å². The molecule has 0 amide bonds. The van der Waals surface area contributed by atoms with E-state index in [4.69, 9.17) is 4.74 Å². The lowest BCUT2D eigenvalue weighted by Crippen LogP contribution is -2.22. The average Bonchev–Trinajstić information content (AvgIpc) is 3.48. The van der Waals surface area contributed by atoms with Crippen molar-refractivity contribution < 1.29 is 19.4 Å². The molecule has 0 unspecified atom stereocenters. The van der Waals surface area contributed by atoms with Gasteiger partial charge in [-0.15, -0.1) is 0 Å². The monoisotopic (exact) mass is 515 g/mol. The Kier molecular flexibility index (Phi) is 6.21. The van der Waals surface area contributed by atoms with E-state index in [0.29, 0.717) is 39.8 Å². The summed E-state index contributed by atoms with van der Waals surface area (Å²) in [4.78, 5) is 35.2. The van der Waals surface area contributed by atoms with E-state index in [0.717, 1.165) is 34.6 Å². The second-order valence-electron chi connectivity index (χ2n) is 10.9. The van der Waals surface area contributed by atoms with Crippen LogP contribution in [0.25, 0.3) is 22.1 Å². The highest BCUT2D eigenvalue weighted by molar-refractivity contribution is 6.76. The minimum Gasteiger partial charge on any atom is -0.464 e. The maximum atomic E-state index is 14.3. The van der Waals surface area contributed by atoms with Gasteiger partial charge in [0.25, 0.3) is 0 Å². The van der Waals surface area contributed by atoms with Crippen molar-refractivity contribution in [3.8, 4) is 6.07 Å². The van der Waals surface area contributed by atoms with E-state index < -0.39 is 14.2 Å². The summed E-state index contributed by atoms with van der Waals surface area (Å²) in [6, 6.07) is 8.30. The van der Waals surface area contributed by atoms with Gasteiger partial charge in [-0.05, 0) is 55.0 Å². The maximum absolute atomic E-state index is 14.3. The number of benzene rings is 1. The normalized spacial score (nSPS) is 13.8. The van der Waals surface area contributed by atoms with Crippen LogP contribution in [0, 0.1) is 18.3 Å². The number of hydrogen-bond acceptors (Lipinski definition) is 6. The van der Waals surface area contributed by atoms with Crippen molar-refractivity contribution in [2.75, 3.05) is 6.61 Å². The van der Waals surface area contributed by atoms with E-state index in [2.05, 4.69) is 35.7 Å². The molecule has 1 aromatic carbocycles. The zero-order chi connectivity index (χ0) is 26.5.